The summed E-state index contributed by atoms with van der Waals surface area (Å²) in [6.07, 6.45) is 1.66. The standard InChI is InChI=1S/C7H7O/c1-3-7-5-4-6(2)8-7/h3,5H,1H2,2H3. The Morgan fingerprint density at radius 1 is 1.88 bits per heavy atom. The number of furan rings is 1. The van der Waals surface area contributed by atoms with E-state index in [0.717, 1.165) is 11.5 Å². The minimum atomic E-state index is 0.780. The van der Waals surface area contributed by atoms with Crippen molar-refractivity contribution < 1.29 is 4.42 Å². The number of hydrogen-bond donors (Lipinski definition) is 0. The van der Waals surface area contributed by atoms with Gasteiger partial charge in [0.1, 0.15) is 11.5 Å². The monoisotopic (exact) mass is 107 g/mol. The van der Waals surface area contributed by atoms with Crippen molar-refractivity contribution in [2.45, 2.75) is 6.92 Å². The second-order valence-electron chi connectivity index (χ2n) is 1.55. The highest BCUT2D eigenvalue weighted by molar-refractivity contribution is 5.38. The van der Waals surface area contributed by atoms with Gasteiger partial charge in [-0.15, -0.1) is 0 Å². The van der Waals surface area contributed by atoms with Crippen molar-refractivity contribution in [1.82, 2.24) is 0 Å². The fourth-order valence-corrected chi connectivity index (χ4v) is 0.509. The molecule has 0 N–H and O–H groups in total. The molecule has 0 unspecified atom stereocenters. The van der Waals surface area contributed by atoms with E-state index in [2.05, 4.69) is 12.6 Å². The number of rotatable bonds is 1. The van der Waals surface area contributed by atoms with Crippen molar-refractivity contribution in [1.29, 1.82) is 0 Å². The topological polar surface area (TPSA) is 13.1 Å². The first-order valence-corrected chi connectivity index (χ1v) is 2.43. The number of hydrogen-bond acceptors (Lipinski definition) is 1. The van der Waals surface area contributed by atoms with E-state index in [1.54, 1.807) is 12.1 Å². The molecule has 0 atom stereocenters. The Hall–Kier alpha value is -0.980. The molecule has 0 aromatic carbocycles. The van der Waals surface area contributed by atoms with E-state index >= 15 is 0 Å². The highest BCUT2D eigenvalue weighted by Gasteiger charge is 1.89. The third kappa shape index (κ3) is 0.808. The molecular formula is C7H7O. The minimum Gasteiger partial charge on any atom is -0.461 e. The lowest BCUT2D eigenvalue weighted by atomic mass is 10.4. The molecule has 0 aliphatic carbocycles. The number of aryl methyl sites for hydroxylation is 1. The van der Waals surface area contributed by atoms with Crippen LogP contribution >= 0.6 is 0 Å². The summed E-state index contributed by atoms with van der Waals surface area (Å²) in [5.74, 6) is 1.59. The largest absolute Gasteiger partial charge is 0.461 e. The highest BCUT2D eigenvalue weighted by Crippen LogP contribution is 2.04. The van der Waals surface area contributed by atoms with E-state index in [0.29, 0.717) is 0 Å². The van der Waals surface area contributed by atoms with E-state index in [1.165, 1.54) is 0 Å². The zero-order valence-corrected chi connectivity index (χ0v) is 4.77. The molecule has 0 aliphatic rings. The molecule has 41 valence electrons. The molecule has 0 saturated carbocycles. The second-order valence-corrected chi connectivity index (χ2v) is 1.55. The fraction of sp³-hybridized carbons (Fsp3) is 0.143. The van der Waals surface area contributed by atoms with E-state index in [9.17, 15) is 0 Å². The van der Waals surface area contributed by atoms with Crippen LogP contribution in [0.1, 0.15) is 11.5 Å². The zero-order chi connectivity index (χ0) is 5.98. The minimum absolute atomic E-state index is 0.780. The Morgan fingerprint density at radius 2 is 2.62 bits per heavy atom. The predicted octanol–water partition coefficient (Wildman–Crippen LogP) is 2.03. The van der Waals surface area contributed by atoms with E-state index in [1.807, 2.05) is 6.92 Å². The molecule has 1 aromatic rings. The van der Waals surface area contributed by atoms with Crippen molar-refractivity contribution in [3.63, 3.8) is 0 Å². The van der Waals surface area contributed by atoms with Gasteiger partial charge in [0.2, 0.25) is 0 Å². The maximum absolute atomic E-state index is 5.06. The summed E-state index contributed by atoms with van der Waals surface area (Å²) < 4.78 is 5.06. The summed E-state index contributed by atoms with van der Waals surface area (Å²) in [4.78, 5) is 0. The van der Waals surface area contributed by atoms with Crippen LogP contribution in [0.25, 0.3) is 6.08 Å². The summed E-state index contributed by atoms with van der Waals surface area (Å²) in [7, 11) is 0. The third-order valence-corrected chi connectivity index (χ3v) is 0.890. The maximum Gasteiger partial charge on any atom is 0.127 e. The van der Waals surface area contributed by atoms with Gasteiger partial charge < -0.3 is 4.42 Å². The molecule has 1 nitrogen and oxygen atoms in total. The zero-order valence-electron chi connectivity index (χ0n) is 4.77. The van der Waals surface area contributed by atoms with Crippen LogP contribution < -0.4 is 0 Å². The molecule has 0 saturated heterocycles. The Labute approximate surface area is 48.6 Å². The molecule has 1 heteroatoms. The normalized spacial score (nSPS) is 9.12. The Morgan fingerprint density at radius 3 is 2.88 bits per heavy atom. The van der Waals surface area contributed by atoms with Crippen molar-refractivity contribution in [2.24, 2.45) is 0 Å². The lowest BCUT2D eigenvalue weighted by Gasteiger charge is -1.78. The SMILES string of the molecule is C=Cc1c[c]c(C)o1. The van der Waals surface area contributed by atoms with Crippen molar-refractivity contribution in [2.75, 3.05) is 0 Å². The molecule has 1 radical (unpaired) electrons. The first-order chi connectivity index (χ1) is 3.83. The van der Waals surface area contributed by atoms with Crippen molar-refractivity contribution in [3.8, 4) is 0 Å². The van der Waals surface area contributed by atoms with E-state index in [4.69, 9.17) is 4.42 Å². The van der Waals surface area contributed by atoms with Crippen molar-refractivity contribution >= 4 is 6.08 Å². The molecule has 0 bridgehead atoms. The van der Waals surface area contributed by atoms with E-state index < -0.39 is 0 Å². The summed E-state index contributed by atoms with van der Waals surface area (Å²) >= 11 is 0. The van der Waals surface area contributed by atoms with Crippen LogP contribution in [-0.4, -0.2) is 0 Å². The molecule has 1 heterocycles. The van der Waals surface area contributed by atoms with Crippen LogP contribution in [0.4, 0.5) is 0 Å². The van der Waals surface area contributed by atoms with Crippen LogP contribution in [-0.2, 0) is 0 Å². The van der Waals surface area contributed by atoms with Gasteiger partial charge in [-0.2, -0.15) is 0 Å². The summed E-state index contributed by atoms with van der Waals surface area (Å²) in [6, 6.07) is 4.65. The van der Waals surface area contributed by atoms with Crippen molar-refractivity contribution in [3.05, 3.63) is 30.2 Å². The summed E-state index contributed by atoms with van der Waals surface area (Å²) in [5, 5.41) is 0. The predicted molar refractivity (Wildman–Crippen MR) is 32.4 cm³/mol. The van der Waals surface area contributed by atoms with Gasteiger partial charge in [0.25, 0.3) is 0 Å². The Bertz CT molecular complexity index is 186. The van der Waals surface area contributed by atoms with Gasteiger partial charge in [0, 0.05) is 6.07 Å². The lowest BCUT2D eigenvalue weighted by molar-refractivity contribution is 0.524. The van der Waals surface area contributed by atoms with Gasteiger partial charge in [-0.05, 0) is 19.1 Å². The first kappa shape index (κ1) is 5.16. The highest BCUT2D eigenvalue weighted by atomic mass is 16.3. The van der Waals surface area contributed by atoms with Crippen LogP contribution in [0.5, 0.6) is 0 Å². The molecule has 0 spiro atoms. The molecule has 8 heavy (non-hydrogen) atoms. The van der Waals surface area contributed by atoms with Gasteiger partial charge in [-0.25, -0.2) is 0 Å². The van der Waals surface area contributed by atoms with Gasteiger partial charge in [0.15, 0.2) is 0 Å². The third-order valence-electron chi connectivity index (χ3n) is 0.890. The quantitative estimate of drug-likeness (QED) is 0.535. The average molecular weight is 107 g/mol. The lowest BCUT2D eigenvalue weighted by Crippen LogP contribution is -1.55. The fourth-order valence-electron chi connectivity index (χ4n) is 0.509. The van der Waals surface area contributed by atoms with Gasteiger partial charge in [0.05, 0.1) is 0 Å². The van der Waals surface area contributed by atoms with Gasteiger partial charge in [-0.1, -0.05) is 6.58 Å². The summed E-state index contributed by atoms with van der Waals surface area (Å²) in [6.45, 7) is 5.38. The molecule has 1 aromatic heterocycles. The second kappa shape index (κ2) is 1.86. The van der Waals surface area contributed by atoms with Crippen LogP contribution in [0.15, 0.2) is 17.1 Å². The smallest absolute Gasteiger partial charge is 0.127 e. The van der Waals surface area contributed by atoms with Crippen LogP contribution in [0.2, 0.25) is 0 Å². The maximum atomic E-state index is 5.06. The van der Waals surface area contributed by atoms with Gasteiger partial charge >= 0.3 is 0 Å². The van der Waals surface area contributed by atoms with Crippen LogP contribution in [0, 0.1) is 13.0 Å². The van der Waals surface area contributed by atoms with Crippen LogP contribution in [0.3, 0.4) is 0 Å². The molecule has 0 amide bonds. The Balaban J connectivity index is 3.00. The average Bonchev–Trinajstić information content (AvgIpc) is 2.14. The molecule has 1 rings (SSSR count). The van der Waals surface area contributed by atoms with E-state index in [-0.39, 0.29) is 0 Å². The molecule has 0 aliphatic heterocycles. The molecule has 0 fully saturated rings. The summed E-state index contributed by atoms with van der Waals surface area (Å²) in [5.41, 5.74) is 0. The van der Waals surface area contributed by atoms with Gasteiger partial charge in [-0.3, -0.25) is 0 Å². The Kier molecular flexibility index (Phi) is 1.20. The molecular weight excluding hydrogens is 100 g/mol. The first-order valence-electron chi connectivity index (χ1n) is 2.43.